The fourth-order valence-corrected chi connectivity index (χ4v) is 3.88. The van der Waals surface area contributed by atoms with E-state index >= 15 is 0 Å². The van der Waals surface area contributed by atoms with E-state index in [2.05, 4.69) is 15.0 Å². The summed E-state index contributed by atoms with van der Waals surface area (Å²) in [4.78, 5) is 48.6. The van der Waals surface area contributed by atoms with E-state index in [4.69, 9.17) is 0 Å². The smallest absolute Gasteiger partial charge is 0.293 e. The molecule has 0 saturated carbocycles. The molecule has 10 nitrogen and oxygen atoms in total. The van der Waals surface area contributed by atoms with Crippen LogP contribution in [0.1, 0.15) is 22.0 Å². The zero-order chi connectivity index (χ0) is 21.4. The van der Waals surface area contributed by atoms with Gasteiger partial charge in [-0.2, -0.15) is 0 Å². The summed E-state index contributed by atoms with van der Waals surface area (Å²) in [7, 11) is 3.33. The molecule has 11 heteroatoms. The van der Waals surface area contributed by atoms with Gasteiger partial charge in [-0.3, -0.25) is 19.7 Å². The number of anilines is 1. The summed E-state index contributed by atoms with van der Waals surface area (Å²) in [5.74, 6) is 0.167. The molecular weight excluding hydrogens is 408 g/mol. The lowest BCUT2D eigenvalue weighted by Gasteiger charge is -2.19. The number of aromatic nitrogens is 4. The van der Waals surface area contributed by atoms with Gasteiger partial charge in [0.05, 0.1) is 17.0 Å². The highest BCUT2D eigenvalue weighted by molar-refractivity contribution is 7.17. The number of nitrogens with zero attached hydrogens (tertiary/aromatic N) is 5. The summed E-state index contributed by atoms with van der Waals surface area (Å²) < 4.78 is 2.08. The van der Waals surface area contributed by atoms with Gasteiger partial charge >= 0.3 is 0 Å². The van der Waals surface area contributed by atoms with Crippen molar-refractivity contribution < 1.29 is 9.72 Å². The Morgan fingerprint density at radius 3 is 2.87 bits per heavy atom. The maximum Gasteiger partial charge on any atom is 0.293 e. The van der Waals surface area contributed by atoms with Gasteiger partial charge in [-0.1, -0.05) is 0 Å². The van der Waals surface area contributed by atoms with Gasteiger partial charge < -0.3 is 14.5 Å². The minimum absolute atomic E-state index is 0.147. The van der Waals surface area contributed by atoms with Crippen LogP contribution in [0.3, 0.4) is 0 Å². The maximum atomic E-state index is 12.6. The van der Waals surface area contributed by atoms with Gasteiger partial charge in [-0.05, 0) is 23.6 Å². The molecule has 0 unspecified atom stereocenters. The number of fused-ring (bicyclic) bond motifs is 1. The van der Waals surface area contributed by atoms with Gasteiger partial charge in [-0.25, -0.2) is 9.97 Å². The molecule has 0 aliphatic carbocycles. The molecule has 152 valence electrons. The first-order valence-corrected chi connectivity index (χ1v) is 9.71. The number of hydrogen-bond acceptors (Lipinski definition) is 8. The Kier molecular flexibility index (Phi) is 4.88. The van der Waals surface area contributed by atoms with Crippen LogP contribution in [0.25, 0.3) is 10.2 Å². The number of nitro benzene ring substituents is 1. The number of nitro groups is 1. The van der Waals surface area contributed by atoms with Crippen molar-refractivity contribution in [3.63, 3.8) is 0 Å². The molecule has 0 bridgehead atoms. The Hall–Kier alpha value is -3.86. The van der Waals surface area contributed by atoms with Crippen LogP contribution in [0.5, 0.6) is 0 Å². The van der Waals surface area contributed by atoms with Crippen LogP contribution in [-0.4, -0.2) is 37.3 Å². The molecule has 30 heavy (non-hydrogen) atoms. The van der Waals surface area contributed by atoms with Crippen LogP contribution >= 0.6 is 11.3 Å². The topological polar surface area (TPSA) is 127 Å². The highest BCUT2D eigenvalue weighted by atomic mass is 32.1. The highest BCUT2D eigenvalue weighted by Gasteiger charge is 2.23. The summed E-state index contributed by atoms with van der Waals surface area (Å²) in [6, 6.07) is 6.02. The first-order chi connectivity index (χ1) is 14.3. The Labute approximate surface area is 173 Å². The Bertz CT molecular complexity index is 1340. The summed E-state index contributed by atoms with van der Waals surface area (Å²) in [6.07, 6.45) is 3.11. The van der Waals surface area contributed by atoms with Crippen LogP contribution in [0, 0.1) is 10.1 Å². The lowest BCUT2D eigenvalue weighted by atomic mass is 10.1. The predicted octanol–water partition coefficient (Wildman–Crippen LogP) is 2.49. The standard InChI is InChI=1S/C19H16N6O4S/c1-23-7-6-20-18(23)16(26)11-3-4-13(14(9-11)25(28)29)24(2)10-15-21-12-5-8-30-17(12)19(27)22-15/h3-9H,10H2,1-2H3,(H,21,22,27). The molecule has 0 aliphatic heterocycles. The number of benzene rings is 1. The van der Waals surface area contributed by atoms with Gasteiger partial charge in [-0.15, -0.1) is 11.3 Å². The molecule has 4 rings (SSSR count). The molecule has 1 N–H and O–H groups in total. The molecule has 0 radical (unpaired) electrons. The summed E-state index contributed by atoms with van der Waals surface area (Å²) in [5, 5.41) is 13.5. The third-order valence-corrected chi connectivity index (χ3v) is 5.52. The fraction of sp³-hybridized carbons (Fsp3) is 0.158. The van der Waals surface area contributed by atoms with Gasteiger partial charge in [0.2, 0.25) is 5.78 Å². The lowest BCUT2D eigenvalue weighted by molar-refractivity contribution is -0.384. The van der Waals surface area contributed by atoms with Gasteiger partial charge in [0.15, 0.2) is 5.82 Å². The van der Waals surface area contributed by atoms with Crippen molar-refractivity contribution >= 4 is 38.7 Å². The van der Waals surface area contributed by atoms with E-state index < -0.39 is 10.7 Å². The number of hydrogen-bond donors (Lipinski definition) is 1. The largest absolute Gasteiger partial charge is 0.362 e. The van der Waals surface area contributed by atoms with Crippen molar-refractivity contribution in [2.45, 2.75) is 6.54 Å². The minimum Gasteiger partial charge on any atom is -0.362 e. The van der Waals surface area contributed by atoms with Crippen molar-refractivity contribution in [3.05, 3.63) is 79.7 Å². The van der Waals surface area contributed by atoms with Gasteiger partial charge in [0.1, 0.15) is 16.2 Å². The monoisotopic (exact) mass is 424 g/mol. The summed E-state index contributed by atoms with van der Waals surface area (Å²) in [5.41, 5.74) is 0.571. The van der Waals surface area contributed by atoms with Crippen molar-refractivity contribution in [1.29, 1.82) is 0 Å². The van der Waals surface area contributed by atoms with E-state index in [0.717, 1.165) is 0 Å². The third kappa shape index (κ3) is 3.46. The molecular formula is C19H16N6O4S. The molecule has 1 aromatic carbocycles. The molecule has 4 aromatic rings. The predicted molar refractivity (Wildman–Crippen MR) is 112 cm³/mol. The van der Waals surface area contributed by atoms with E-state index in [1.165, 1.54) is 35.7 Å². The molecule has 0 amide bonds. The van der Waals surface area contributed by atoms with Crippen LogP contribution < -0.4 is 10.5 Å². The number of nitrogens with one attached hydrogen (secondary N) is 1. The van der Waals surface area contributed by atoms with Crippen LogP contribution in [0.2, 0.25) is 0 Å². The first kappa shape index (κ1) is 19.5. The van der Waals surface area contributed by atoms with E-state index in [1.807, 2.05) is 0 Å². The molecule has 0 spiro atoms. The number of carbonyl (C=O) groups is 1. The average Bonchev–Trinajstić information content (AvgIpc) is 3.36. The van der Waals surface area contributed by atoms with Crippen molar-refractivity contribution in [3.8, 4) is 0 Å². The number of aryl methyl sites for hydroxylation is 1. The van der Waals surface area contributed by atoms with E-state index in [0.29, 0.717) is 21.7 Å². The van der Waals surface area contributed by atoms with Crippen molar-refractivity contribution in [2.24, 2.45) is 7.05 Å². The highest BCUT2D eigenvalue weighted by Crippen LogP contribution is 2.30. The molecule has 0 fully saturated rings. The normalized spacial score (nSPS) is 11.0. The molecule has 0 aliphatic rings. The number of rotatable bonds is 6. The average molecular weight is 424 g/mol. The maximum absolute atomic E-state index is 12.6. The number of H-pyrrole nitrogens is 1. The Morgan fingerprint density at radius 2 is 2.17 bits per heavy atom. The van der Waals surface area contributed by atoms with Crippen LogP contribution in [0.15, 0.2) is 46.8 Å². The first-order valence-electron chi connectivity index (χ1n) is 8.83. The van der Waals surface area contributed by atoms with Gasteiger partial charge in [0, 0.05) is 38.1 Å². The Balaban J connectivity index is 1.67. The van der Waals surface area contributed by atoms with Crippen molar-refractivity contribution in [1.82, 2.24) is 19.5 Å². The molecule has 0 atom stereocenters. The Morgan fingerprint density at radius 1 is 1.37 bits per heavy atom. The SMILES string of the molecule is CN(Cc1nc2ccsc2c(=O)[nH]1)c1ccc(C(=O)c2nccn2C)cc1[N+](=O)[O-]. The number of aromatic amines is 1. The van der Waals surface area contributed by atoms with Crippen molar-refractivity contribution in [2.75, 3.05) is 11.9 Å². The minimum atomic E-state index is -0.542. The molecule has 0 saturated heterocycles. The summed E-state index contributed by atoms with van der Waals surface area (Å²) >= 11 is 1.30. The number of imidazole rings is 1. The second kappa shape index (κ2) is 7.52. The molecule has 3 aromatic heterocycles. The van der Waals surface area contributed by atoms with E-state index in [9.17, 15) is 19.7 Å². The second-order valence-electron chi connectivity index (χ2n) is 6.66. The summed E-state index contributed by atoms with van der Waals surface area (Å²) in [6.45, 7) is 0.147. The quantitative estimate of drug-likeness (QED) is 0.286. The van der Waals surface area contributed by atoms with Gasteiger partial charge in [0.25, 0.3) is 11.2 Å². The van der Waals surface area contributed by atoms with Crippen LogP contribution in [-0.2, 0) is 13.6 Å². The lowest BCUT2D eigenvalue weighted by Crippen LogP contribution is -2.22. The third-order valence-electron chi connectivity index (χ3n) is 4.62. The zero-order valence-electron chi connectivity index (χ0n) is 16.0. The zero-order valence-corrected chi connectivity index (χ0v) is 16.8. The van der Waals surface area contributed by atoms with Crippen LogP contribution in [0.4, 0.5) is 11.4 Å². The van der Waals surface area contributed by atoms with E-state index in [-0.39, 0.29) is 29.2 Å². The number of ketones is 1. The van der Waals surface area contributed by atoms with E-state index in [1.54, 1.807) is 41.2 Å². The number of thiophene rings is 1. The fourth-order valence-electron chi connectivity index (χ4n) is 3.15. The molecule has 3 heterocycles. The second-order valence-corrected chi connectivity index (χ2v) is 7.57. The number of carbonyl (C=O) groups excluding carboxylic acids is 1.